The molecule has 174 valence electrons. The van der Waals surface area contributed by atoms with Crippen molar-refractivity contribution in [1.29, 1.82) is 0 Å². The predicted octanol–water partition coefficient (Wildman–Crippen LogP) is 9.11. The molecule has 0 N–H and O–H groups in total. The summed E-state index contributed by atoms with van der Waals surface area (Å²) >= 11 is 0. The van der Waals surface area contributed by atoms with E-state index in [4.69, 9.17) is 0 Å². The van der Waals surface area contributed by atoms with Crippen molar-refractivity contribution in [2.24, 2.45) is 0 Å². The summed E-state index contributed by atoms with van der Waals surface area (Å²) in [4.78, 5) is 0. The molecule has 2 nitrogen and oxygen atoms in total. The summed E-state index contributed by atoms with van der Waals surface area (Å²) in [5.74, 6) is 0. The number of hydrogen-bond acceptors (Lipinski definition) is 0. The second-order valence-electron chi connectivity index (χ2n) is 10.3. The van der Waals surface area contributed by atoms with Gasteiger partial charge in [-0.15, -0.1) is 0 Å². The van der Waals surface area contributed by atoms with Crippen LogP contribution in [0.3, 0.4) is 0 Å². The molecule has 0 saturated heterocycles. The van der Waals surface area contributed by atoms with Gasteiger partial charge in [-0.2, -0.15) is 0 Å². The van der Waals surface area contributed by atoms with Crippen molar-refractivity contribution in [3.63, 3.8) is 0 Å². The summed E-state index contributed by atoms with van der Waals surface area (Å²) in [5, 5.41) is 5.19. The summed E-state index contributed by atoms with van der Waals surface area (Å²) in [6.07, 6.45) is 0. The summed E-state index contributed by atoms with van der Waals surface area (Å²) in [7, 11) is 0. The highest BCUT2D eigenvalue weighted by atomic mass is 15.0. The molecule has 2 heteroatoms. The van der Waals surface area contributed by atoms with Gasteiger partial charge >= 0.3 is 0 Å². The molecule has 0 aliphatic carbocycles. The summed E-state index contributed by atoms with van der Waals surface area (Å²) in [6, 6.07) is 36.2. The van der Waals surface area contributed by atoms with E-state index < -0.39 is 0 Å². The second kappa shape index (κ2) is 7.60. The first-order valence-corrected chi connectivity index (χ1v) is 12.6. The Kier molecular flexibility index (Phi) is 4.44. The Labute approximate surface area is 211 Å². The zero-order valence-electron chi connectivity index (χ0n) is 21.1. The lowest BCUT2D eigenvalue weighted by atomic mass is 10.1. The lowest BCUT2D eigenvalue weighted by molar-refractivity contribution is 1.16. The summed E-state index contributed by atoms with van der Waals surface area (Å²) in [6.45, 7) is 8.66. The highest BCUT2D eigenvalue weighted by Crippen LogP contribution is 2.37. The van der Waals surface area contributed by atoms with Gasteiger partial charge in [-0.1, -0.05) is 52.6 Å². The second-order valence-corrected chi connectivity index (χ2v) is 10.3. The average molecular weight is 465 g/mol. The predicted molar refractivity (Wildman–Crippen MR) is 154 cm³/mol. The molecule has 0 fully saturated rings. The smallest absolute Gasteiger partial charge is 0.0542 e. The van der Waals surface area contributed by atoms with Gasteiger partial charge < -0.3 is 9.13 Å². The Morgan fingerprint density at radius 3 is 1.14 bits per heavy atom. The SMILES string of the molecule is Cc1ccc(-n2c3ccc(C)cc3c3cc(-n4c5ccc(C)cc5c5cc(C)ccc54)ccc32)cc1. The van der Waals surface area contributed by atoms with E-state index >= 15 is 0 Å². The highest BCUT2D eigenvalue weighted by Gasteiger charge is 2.16. The number of aromatic nitrogens is 2. The lowest BCUT2D eigenvalue weighted by Crippen LogP contribution is -1.96. The Morgan fingerprint density at radius 1 is 0.333 bits per heavy atom. The molecule has 0 bridgehead atoms. The maximum atomic E-state index is 2.42. The van der Waals surface area contributed by atoms with Gasteiger partial charge in [0.15, 0.2) is 0 Å². The molecule has 2 heterocycles. The molecule has 5 aromatic carbocycles. The normalized spacial score (nSPS) is 11.9. The van der Waals surface area contributed by atoms with Crippen LogP contribution in [0, 0.1) is 27.7 Å². The van der Waals surface area contributed by atoms with Gasteiger partial charge in [-0.3, -0.25) is 0 Å². The first kappa shape index (κ1) is 21.0. The number of rotatable bonds is 2. The van der Waals surface area contributed by atoms with Crippen molar-refractivity contribution in [3.05, 3.63) is 119 Å². The molecule has 7 rings (SSSR count). The minimum absolute atomic E-state index is 1.19. The van der Waals surface area contributed by atoms with E-state index in [1.807, 2.05) is 0 Å². The Balaban J connectivity index is 1.57. The standard InChI is InChI=1S/C34H28N2/c1-21-5-10-25(11-6-21)35-31-13-7-24(4)19-29(31)30-20-26(12-16-34(30)35)36-32-14-8-22(2)17-27(32)28-18-23(3)9-15-33(28)36/h5-20H,1-4H3. The van der Waals surface area contributed by atoms with Crippen molar-refractivity contribution in [2.45, 2.75) is 27.7 Å². The van der Waals surface area contributed by atoms with E-state index in [2.05, 4.69) is 134 Å². The fourth-order valence-electron chi connectivity index (χ4n) is 5.77. The molecule has 0 amide bonds. The van der Waals surface area contributed by atoms with Crippen molar-refractivity contribution in [1.82, 2.24) is 9.13 Å². The molecular formula is C34H28N2. The van der Waals surface area contributed by atoms with Gasteiger partial charge in [0.05, 0.1) is 22.1 Å². The van der Waals surface area contributed by atoms with Gasteiger partial charge in [-0.25, -0.2) is 0 Å². The van der Waals surface area contributed by atoms with Gasteiger partial charge in [0, 0.05) is 32.9 Å². The first-order chi connectivity index (χ1) is 17.5. The maximum Gasteiger partial charge on any atom is 0.0542 e. The van der Waals surface area contributed by atoms with Gasteiger partial charge in [-0.05, 0) is 94.4 Å². The summed E-state index contributed by atoms with van der Waals surface area (Å²) < 4.78 is 4.82. The number of benzene rings is 5. The van der Waals surface area contributed by atoms with E-state index in [1.54, 1.807) is 0 Å². The first-order valence-electron chi connectivity index (χ1n) is 12.6. The third-order valence-electron chi connectivity index (χ3n) is 7.53. The fourth-order valence-corrected chi connectivity index (χ4v) is 5.77. The molecule has 0 saturated carbocycles. The molecule has 0 spiro atoms. The molecular weight excluding hydrogens is 436 g/mol. The topological polar surface area (TPSA) is 9.86 Å². The molecule has 7 aromatic rings. The molecule has 0 radical (unpaired) electrons. The van der Waals surface area contributed by atoms with Gasteiger partial charge in [0.2, 0.25) is 0 Å². The Bertz CT molecular complexity index is 1900. The molecule has 0 aliphatic heterocycles. The van der Waals surface area contributed by atoms with E-state index in [0.29, 0.717) is 0 Å². The van der Waals surface area contributed by atoms with E-state index in [9.17, 15) is 0 Å². The highest BCUT2D eigenvalue weighted by molar-refractivity contribution is 6.12. The van der Waals surface area contributed by atoms with Crippen molar-refractivity contribution in [3.8, 4) is 11.4 Å². The van der Waals surface area contributed by atoms with Crippen LogP contribution in [0.4, 0.5) is 0 Å². The monoisotopic (exact) mass is 464 g/mol. The third-order valence-corrected chi connectivity index (χ3v) is 7.53. The van der Waals surface area contributed by atoms with Crippen molar-refractivity contribution in [2.75, 3.05) is 0 Å². The van der Waals surface area contributed by atoms with Crippen LogP contribution in [0.1, 0.15) is 22.3 Å². The Hall–Kier alpha value is -4.30. The van der Waals surface area contributed by atoms with Crippen LogP contribution in [-0.2, 0) is 0 Å². The van der Waals surface area contributed by atoms with E-state index in [0.717, 1.165) is 0 Å². The lowest BCUT2D eigenvalue weighted by Gasteiger charge is -2.11. The quantitative estimate of drug-likeness (QED) is 0.241. The zero-order chi connectivity index (χ0) is 24.6. The average Bonchev–Trinajstić information content (AvgIpc) is 3.36. The number of nitrogens with zero attached hydrogens (tertiary/aromatic N) is 2. The van der Waals surface area contributed by atoms with Gasteiger partial charge in [0.1, 0.15) is 0 Å². The Morgan fingerprint density at radius 2 is 0.667 bits per heavy atom. The number of aryl methyl sites for hydroxylation is 4. The van der Waals surface area contributed by atoms with Crippen LogP contribution in [0.15, 0.2) is 97.1 Å². The molecule has 0 unspecified atom stereocenters. The van der Waals surface area contributed by atoms with Crippen LogP contribution in [0.5, 0.6) is 0 Å². The van der Waals surface area contributed by atoms with Crippen molar-refractivity contribution >= 4 is 43.6 Å². The van der Waals surface area contributed by atoms with Crippen LogP contribution in [0.25, 0.3) is 55.0 Å². The van der Waals surface area contributed by atoms with E-state index in [-0.39, 0.29) is 0 Å². The molecule has 0 atom stereocenters. The molecule has 2 aromatic heterocycles. The zero-order valence-corrected chi connectivity index (χ0v) is 21.1. The van der Waals surface area contributed by atoms with Crippen LogP contribution in [0.2, 0.25) is 0 Å². The summed E-state index contributed by atoms with van der Waals surface area (Å²) in [5.41, 5.74) is 12.5. The van der Waals surface area contributed by atoms with Crippen molar-refractivity contribution < 1.29 is 0 Å². The molecule has 36 heavy (non-hydrogen) atoms. The molecule has 0 aliphatic rings. The minimum Gasteiger partial charge on any atom is -0.309 e. The van der Waals surface area contributed by atoms with Crippen LogP contribution < -0.4 is 0 Å². The minimum atomic E-state index is 1.19. The fraction of sp³-hybridized carbons (Fsp3) is 0.118. The third kappa shape index (κ3) is 3.04. The number of fused-ring (bicyclic) bond motifs is 6. The largest absolute Gasteiger partial charge is 0.309 e. The van der Waals surface area contributed by atoms with E-state index in [1.165, 1.54) is 77.2 Å². The maximum absolute atomic E-state index is 2.42. The van der Waals surface area contributed by atoms with Crippen LogP contribution in [-0.4, -0.2) is 9.13 Å². The number of hydrogen-bond donors (Lipinski definition) is 0. The van der Waals surface area contributed by atoms with Crippen LogP contribution >= 0.6 is 0 Å². The van der Waals surface area contributed by atoms with Gasteiger partial charge in [0.25, 0.3) is 0 Å².